The number of amides is 1. The van der Waals surface area contributed by atoms with E-state index in [-0.39, 0.29) is 12.1 Å². The minimum atomic E-state index is -0.461. The van der Waals surface area contributed by atoms with E-state index in [1.165, 1.54) is 16.6 Å². The molecular formula is C18H25N3O2. The molecule has 2 aromatic rings. The van der Waals surface area contributed by atoms with Crippen molar-refractivity contribution in [1.29, 1.82) is 0 Å². The number of aryl methyl sites for hydroxylation is 1. The van der Waals surface area contributed by atoms with Crippen LogP contribution in [0.1, 0.15) is 32.5 Å². The van der Waals surface area contributed by atoms with Crippen LogP contribution in [0.2, 0.25) is 0 Å². The Bertz CT molecular complexity index is 715. The second kappa shape index (κ2) is 5.89. The number of nitrogens with zero attached hydrogens (tertiary/aromatic N) is 2. The van der Waals surface area contributed by atoms with Crippen molar-refractivity contribution in [3.8, 4) is 0 Å². The molecule has 1 amide bonds. The van der Waals surface area contributed by atoms with Crippen LogP contribution in [0.4, 0.5) is 4.79 Å². The average molecular weight is 315 g/mol. The van der Waals surface area contributed by atoms with E-state index in [9.17, 15) is 4.79 Å². The highest BCUT2D eigenvalue weighted by molar-refractivity contribution is 5.81. The lowest BCUT2D eigenvalue weighted by Gasteiger charge is -2.35. The van der Waals surface area contributed by atoms with Gasteiger partial charge in [-0.3, -0.25) is 0 Å². The number of ether oxygens (including phenoxy) is 1. The van der Waals surface area contributed by atoms with Crippen molar-refractivity contribution >= 4 is 17.0 Å². The van der Waals surface area contributed by atoms with Gasteiger partial charge in [0.25, 0.3) is 0 Å². The predicted molar refractivity (Wildman–Crippen MR) is 91.5 cm³/mol. The first kappa shape index (κ1) is 15.9. The third-order valence-corrected chi connectivity index (χ3v) is 4.17. The Kier molecular flexibility index (Phi) is 4.06. The SMILES string of the molecule is Cn1c(C2CN(C(=O)OC(C)(C)C)CCN2)cc2ccccc21. The van der Waals surface area contributed by atoms with Crippen molar-refractivity contribution in [3.63, 3.8) is 0 Å². The number of benzene rings is 1. The first-order valence-electron chi connectivity index (χ1n) is 8.11. The topological polar surface area (TPSA) is 46.5 Å². The first-order valence-corrected chi connectivity index (χ1v) is 8.11. The highest BCUT2D eigenvalue weighted by Gasteiger charge is 2.29. The number of para-hydroxylation sites is 1. The van der Waals surface area contributed by atoms with Gasteiger partial charge < -0.3 is 19.5 Å². The molecule has 0 bridgehead atoms. The summed E-state index contributed by atoms with van der Waals surface area (Å²) in [6.07, 6.45) is -0.234. The lowest BCUT2D eigenvalue weighted by atomic mass is 10.1. The zero-order valence-electron chi connectivity index (χ0n) is 14.3. The number of hydrogen-bond acceptors (Lipinski definition) is 3. The molecule has 1 saturated heterocycles. The molecule has 1 aromatic heterocycles. The van der Waals surface area contributed by atoms with Crippen molar-refractivity contribution < 1.29 is 9.53 Å². The molecule has 23 heavy (non-hydrogen) atoms. The third-order valence-electron chi connectivity index (χ3n) is 4.17. The zero-order chi connectivity index (χ0) is 16.6. The Labute approximate surface area is 137 Å². The van der Waals surface area contributed by atoms with E-state index >= 15 is 0 Å². The van der Waals surface area contributed by atoms with Crippen LogP contribution in [-0.4, -0.2) is 40.8 Å². The fourth-order valence-electron chi connectivity index (χ4n) is 3.08. The number of piperazine rings is 1. The molecule has 1 N–H and O–H groups in total. The van der Waals surface area contributed by atoms with Crippen LogP contribution in [0.15, 0.2) is 30.3 Å². The standard InChI is InChI=1S/C18H25N3O2/c1-18(2,3)23-17(22)21-10-9-19-14(12-21)16-11-13-7-5-6-8-15(13)20(16)4/h5-8,11,14,19H,9-10,12H2,1-4H3. The maximum Gasteiger partial charge on any atom is 0.410 e. The van der Waals surface area contributed by atoms with Crippen LogP contribution in [-0.2, 0) is 11.8 Å². The van der Waals surface area contributed by atoms with Gasteiger partial charge in [0.2, 0.25) is 0 Å². The largest absolute Gasteiger partial charge is 0.444 e. The fraction of sp³-hybridized carbons (Fsp3) is 0.500. The summed E-state index contributed by atoms with van der Waals surface area (Å²) >= 11 is 0. The van der Waals surface area contributed by atoms with Gasteiger partial charge in [-0.2, -0.15) is 0 Å². The molecule has 3 rings (SSSR count). The van der Waals surface area contributed by atoms with Crippen molar-refractivity contribution in [2.24, 2.45) is 7.05 Å². The van der Waals surface area contributed by atoms with Gasteiger partial charge in [0.15, 0.2) is 0 Å². The molecule has 0 radical (unpaired) electrons. The first-order chi connectivity index (χ1) is 10.8. The highest BCUT2D eigenvalue weighted by atomic mass is 16.6. The second-order valence-electron chi connectivity index (χ2n) is 7.12. The maximum absolute atomic E-state index is 12.3. The molecule has 0 aliphatic carbocycles. The fourth-order valence-corrected chi connectivity index (χ4v) is 3.08. The average Bonchev–Trinajstić information content (AvgIpc) is 2.83. The number of fused-ring (bicyclic) bond motifs is 1. The molecular weight excluding hydrogens is 290 g/mol. The Hall–Kier alpha value is -2.01. The Morgan fingerprint density at radius 1 is 1.30 bits per heavy atom. The summed E-state index contributed by atoms with van der Waals surface area (Å²) in [6, 6.07) is 10.7. The van der Waals surface area contributed by atoms with Crippen LogP contribution in [0.25, 0.3) is 10.9 Å². The van der Waals surface area contributed by atoms with Crippen molar-refractivity contribution in [2.45, 2.75) is 32.4 Å². The summed E-state index contributed by atoms with van der Waals surface area (Å²) in [5.41, 5.74) is 1.94. The smallest absolute Gasteiger partial charge is 0.410 e. The monoisotopic (exact) mass is 315 g/mol. The van der Waals surface area contributed by atoms with Crippen molar-refractivity contribution in [2.75, 3.05) is 19.6 Å². The number of rotatable bonds is 1. The minimum Gasteiger partial charge on any atom is -0.444 e. The summed E-state index contributed by atoms with van der Waals surface area (Å²) in [7, 11) is 2.08. The molecule has 1 unspecified atom stereocenters. The molecule has 2 heterocycles. The van der Waals surface area contributed by atoms with Crippen LogP contribution in [0.3, 0.4) is 0 Å². The van der Waals surface area contributed by atoms with Gasteiger partial charge in [0.1, 0.15) is 5.60 Å². The molecule has 1 aromatic carbocycles. The normalized spacial score (nSPS) is 19.1. The number of hydrogen-bond donors (Lipinski definition) is 1. The van der Waals surface area contributed by atoms with Crippen LogP contribution in [0, 0.1) is 0 Å². The van der Waals surface area contributed by atoms with Crippen LogP contribution >= 0.6 is 0 Å². The molecule has 1 aliphatic rings. The van der Waals surface area contributed by atoms with E-state index in [1.807, 2.05) is 32.9 Å². The van der Waals surface area contributed by atoms with Crippen molar-refractivity contribution in [1.82, 2.24) is 14.8 Å². The third kappa shape index (κ3) is 3.34. The number of aromatic nitrogens is 1. The van der Waals surface area contributed by atoms with E-state index in [0.29, 0.717) is 13.1 Å². The van der Waals surface area contributed by atoms with Crippen molar-refractivity contribution in [3.05, 3.63) is 36.0 Å². The van der Waals surface area contributed by atoms with Gasteiger partial charge in [0.05, 0.1) is 6.04 Å². The van der Waals surface area contributed by atoms with E-state index < -0.39 is 5.60 Å². The summed E-state index contributed by atoms with van der Waals surface area (Å²) < 4.78 is 7.70. The molecule has 1 aliphatic heterocycles. The Morgan fingerprint density at radius 3 is 2.74 bits per heavy atom. The van der Waals surface area contributed by atoms with Gasteiger partial charge in [0, 0.05) is 37.9 Å². The number of carbonyl (C=O) groups excluding carboxylic acids is 1. The highest BCUT2D eigenvalue weighted by Crippen LogP contribution is 2.25. The molecule has 124 valence electrons. The molecule has 0 spiro atoms. The summed E-state index contributed by atoms with van der Waals surface area (Å²) in [5.74, 6) is 0. The lowest BCUT2D eigenvalue weighted by Crippen LogP contribution is -2.50. The summed E-state index contributed by atoms with van der Waals surface area (Å²) in [4.78, 5) is 14.1. The predicted octanol–water partition coefficient (Wildman–Crippen LogP) is 3.06. The second-order valence-corrected chi connectivity index (χ2v) is 7.12. The van der Waals surface area contributed by atoms with E-state index in [2.05, 4.69) is 35.1 Å². The van der Waals surface area contributed by atoms with E-state index in [4.69, 9.17) is 4.74 Å². The molecule has 1 fully saturated rings. The van der Waals surface area contributed by atoms with Gasteiger partial charge >= 0.3 is 6.09 Å². The molecule has 5 nitrogen and oxygen atoms in total. The summed E-state index contributed by atoms with van der Waals surface area (Å²) in [6.45, 7) is 7.76. The summed E-state index contributed by atoms with van der Waals surface area (Å²) in [5, 5.41) is 4.74. The van der Waals surface area contributed by atoms with E-state index in [0.717, 1.165) is 6.54 Å². The quantitative estimate of drug-likeness (QED) is 0.880. The van der Waals surface area contributed by atoms with Gasteiger partial charge in [-0.05, 0) is 38.3 Å². The van der Waals surface area contributed by atoms with Crippen LogP contribution in [0.5, 0.6) is 0 Å². The van der Waals surface area contributed by atoms with E-state index in [1.54, 1.807) is 4.90 Å². The number of carbonyl (C=O) groups is 1. The van der Waals surface area contributed by atoms with Gasteiger partial charge in [-0.15, -0.1) is 0 Å². The molecule has 5 heteroatoms. The maximum atomic E-state index is 12.3. The molecule has 0 saturated carbocycles. The number of nitrogens with one attached hydrogen (secondary N) is 1. The zero-order valence-corrected chi connectivity index (χ0v) is 14.3. The Morgan fingerprint density at radius 2 is 2.04 bits per heavy atom. The van der Waals surface area contributed by atoms with Gasteiger partial charge in [-0.25, -0.2) is 4.79 Å². The Balaban J connectivity index is 1.80. The minimum absolute atomic E-state index is 0.119. The molecule has 1 atom stereocenters. The lowest BCUT2D eigenvalue weighted by molar-refractivity contribution is 0.0193. The van der Waals surface area contributed by atoms with Gasteiger partial charge in [-0.1, -0.05) is 18.2 Å². The van der Waals surface area contributed by atoms with Crippen LogP contribution < -0.4 is 5.32 Å².